The van der Waals surface area contributed by atoms with E-state index in [-0.39, 0.29) is 27.7 Å². The fraction of sp³-hybridized carbons (Fsp3) is 0.250. The van der Waals surface area contributed by atoms with Crippen LogP contribution in [0.25, 0.3) is 0 Å². The molecular formula is C8H9BrClN3O4S2. The number of hydrogen-bond acceptors (Lipinski definition) is 5. The van der Waals surface area contributed by atoms with Gasteiger partial charge in [-0.2, -0.15) is 4.31 Å². The Kier molecular flexibility index (Phi) is 3.84. The number of hydrogen-bond donors (Lipinski definition) is 2. The lowest BCUT2D eigenvalue weighted by Gasteiger charge is -2.28. The number of fused-ring (bicyclic) bond motifs is 1. The third kappa shape index (κ3) is 2.60. The summed E-state index contributed by atoms with van der Waals surface area (Å²) in [5.74, 6) is 0. The van der Waals surface area contributed by atoms with Crippen molar-refractivity contribution >= 4 is 53.3 Å². The van der Waals surface area contributed by atoms with E-state index in [4.69, 9.17) is 16.7 Å². The van der Waals surface area contributed by atoms with Crippen molar-refractivity contribution in [3.8, 4) is 0 Å². The molecule has 0 amide bonds. The second-order valence-electron chi connectivity index (χ2n) is 3.74. The molecule has 1 heterocycles. The maximum absolute atomic E-state index is 12.2. The third-order valence-corrected chi connectivity index (χ3v) is 6.68. The smallest absolute Gasteiger partial charge is 0.247 e. The molecular weight excluding hydrogens is 382 g/mol. The minimum Gasteiger partial charge on any atom is -0.370 e. The van der Waals surface area contributed by atoms with Gasteiger partial charge in [-0.15, -0.1) is 0 Å². The molecule has 0 radical (unpaired) electrons. The van der Waals surface area contributed by atoms with Crippen LogP contribution in [-0.2, 0) is 20.0 Å². The zero-order chi connectivity index (χ0) is 14.4. The highest BCUT2D eigenvalue weighted by molar-refractivity contribution is 9.09. The minimum atomic E-state index is -4.10. The maximum atomic E-state index is 12.2. The molecule has 0 aliphatic carbocycles. The Balaban J connectivity index is 2.74. The van der Waals surface area contributed by atoms with Crippen LogP contribution in [0.5, 0.6) is 0 Å². The molecule has 1 aromatic carbocycles. The minimum absolute atomic E-state index is 0.0611. The Bertz CT molecular complexity index is 735. The van der Waals surface area contributed by atoms with E-state index in [0.717, 1.165) is 10.4 Å². The van der Waals surface area contributed by atoms with Gasteiger partial charge in [-0.1, -0.05) is 27.5 Å². The number of nitrogens with zero attached hydrogens (tertiary/aromatic N) is 1. The van der Waals surface area contributed by atoms with Crippen LogP contribution in [0.4, 0.5) is 5.69 Å². The van der Waals surface area contributed by atoms with Crippen LogP contribution < -0.4 is 10.5 Å². The first-order chi connectivity index (χ1) is 8.67. The van der Waals surface area contributed by atoms with E-state index in [1.54, 1.807) is 0 Å². The van der Waals surface area contributed by atoms with Crippen LogP contribution in [0.1, 0.15) is 0 Å². The van der Waals surface area contributed by atoms with E-state index in [1.165, 1.54) is 6.07 Å². The number of nitrogens with two attached hydrogens (primary N) is 1. The van der Waals surface area contributed by atoms with Gasteiger partial charge in [-0.05, 0) is 12.1 Å². The summed E-state index contributed by atoms with van der Waals surface area (Å²) in [6.45, 7) is 0.0611. The molecule has 1 aliphatic heterocycles. The standard InChI is InChI=1S/C8H9BrClN3O4S2/c9-3-13-4-12-6-1-5(10)7(18(11,14)15)2-8(6)19(13,16)17/h1-2,12H,3-4H2,(H2,11,14,15). The van der Waals surface area contributed by atoms with Gasteiger partial charge < -0.3 is 5.32 Å². The lowest BCUT2D eigenvalue weighted by molar-refractivity contribution is 0.474. The number of anilines is 1. The summed E-state index contributed by atoms with van der Waals surface area (Å²) in [6, 6.07) is 2.20. The van der Waals surface area contributed by atoms with Crippen molar-refractivity contribution in [2.45, 2.75) is 9.79 Å². The molecule has 106 valence electrons. The van der Waals surface area contributed by atoms with E-state index in [1.807, 2.05) is 0 Å². The normalized spacial score (nSPS) is 18.7. The maximum Gasteiger partial charge on any atom is 0.247 e. The van der Waals surface area contributed by atoms with Crippen molar-refractivity contribution in [3.05, 3.63) is 17.2 Å². The summed E-state index contributed by atoms with van der Waals surface area (Å²) in [5, 5.41) is 7.70. The van der Waals surface area contributed by atoms with Gasteiger partial charge in [0.05, 0.1) is 22.8 Å². The Morgan fingerprint density at radius 3 is 2.63 bits per heavy atom. The van der Waals surface area contributed by atoms with Crippen molar-refractivity contribution in [2.75, 3.05) is 17.4 Å². The average molecular weight is 391 g/mol. The highest BCUT2D eigenvalue weighted by Gasteiger charge is 2.32. The number of benzene rings is 1. The molecule has 1 aliphatic rings. The molecule has 0 fully saturated rings. The van der Waals surface area contributed by atoms with Gasteiger partial charge in [0.1, 0.15) is 9.79 Å². The van der Waals surface area contributed by atoms with Crippen molar-refractivity contribution < 1.29 is 16.8 Å². The molecule has 1 aromatic rings. The lowest BCUT2D eigenvalue weighted by Crippen LogP contribution is -2.38. The average Bonchev–Trinajstić information content (AvgIpc) is 2.26. The molecule has 3 N–H and O–H groups in total. The van der Waals surface area contributed by atoms with Crippen molar-refractivity contribution in [2.24, 2.45) is 5.14 Å². The SMILES string of the molecule is NS(=O)(=O)c1cc2c(cc1Cl)NCN(CBr)S2(=O)=O. The Hall–Kier alpha value is -0.390. The summed E-state index contributed by atoms with van der Waals surface area (Å²) in [5.41, 5.74) is 0.323. The summed E-state index contributed by atoms with van der Waals surface area (Å²) in [4.78, 5) is -0.596. The number of primary sulfonamides is 1. The first-order valence-corrected chi connectivity index (χ1v) is 9.33. The van der Waals surface area contributed by atoms with Gasteiger partial charge in [0, 0.05) is 0 Å². The molecule has 7 nitrogen and oxygen atoms in total. The van der Waals surface area contributed by atoms with Crippen LogP contribution in [0.15, 0.2) is 21.9 Å². The van der Waals surface area contributed by atoms with Crippen molar-refractivity contribution in [3.63, 3.8) is 0 Å². The fourth-order valence-corrected chi connectivity index (χ4v) is 5.08. The number of nitrogens with one attached hydrogen (secondary N) is 1. The molecule has 0 saturated heterocycles. The number of rotatable bonds is 2. The van der Waals surface area contributed by atoms with Crippen LogP contribution in [-0.4, -0.2) is 33.3 Å². The van der Waals surface area contributed by atoms with Gasteiger partial charge in [0.15, 0.2) is 0 Å². The number of alkyl halides is 1. The van der Waals surface area contributed by atoms with Crippen LogP contribution >= 0.6 is 27.5 Å². The van der Waals surface area contributed by atoms with Gasteiger partial charge >= 0.3 is 0 Å². The van der Waals surface area contributed by atoms with Gasteiger partial charge in [0.2, 0.25) is 20.0 Å². The predicted molar refractivity (Wildman–Crippen MR) is 74.1 cm³/mol. The highest BCUT2D eigenvalue weighted by atomic mass is 79.9. The van der Waals surface area contributed by atoms with Crippen LogP contribution in [0.3, 0.4) is 0 Å². The first-order valence-electron chi connectivity index (χ1n) is 4.84. The summed E-state index contributed by atoms with van der Waals surface area (Å²) in [6.07, 6.45) is 0. The molecule has 19 heavy (non-hydrogen) atoms. The van der Waals surface area contributed by atoms with Gasteiger partial charge in [-0.25, -0.2) is 22.0 Å². The van der Waals surface area contributed by atoms with Crippen LogP contribution in [0.2, 0.25) is 5.02 Å². The predicted octanol–water partition coefficient (Wildman–Crippen LogP) is 0.714. The quantitative estimate of drug-likeness (QED) is 0.571. The third-order valence-electron chi connectivity index (χ3n) is 2.54. The molecule has 0 bridgehead atoms. The topological polar surface area (TPSA) is 110 Å². The monoisotopic (exact) mass is 389 g/mol. The zero-order valence-electron chi connectivity index (χ0n) is 9.30. The Morgan fingerprint density at radius 1 is 1.47 bits per heavy atom. The molecule has 0 unspecified atom stereocenters. The van der Waals surface area contributed by atoms with E-state index in [2.05, 4.69) is 21.2 Å². The van der Waals surface area contributed by atoms with Crippen molar-refractivity contribution in [1.29, 1.82) is 0 Å². The molecule has 0 spiro atoms. The van der Waals surface area contributed by atoms with E-state index < -0.39 is 24.9 Å². The molecule has 11 heteroatoms. The van der Waals surface area contributed by atoms with Crippen LogP contribution in [0, 0.1) is 0 Å². The second-order valence-corrected chi connectivity index (χ2v) is 8.08. The molecule has 2 rings (SSSR count). The Morgan fingerprint density at radius 2 is 2.11 bits per heavy atom. The number of halogens is 2. The van der Waals surface area contributed by atoms with Gasteiger partial charge in [0.25, 0.3) is 0 Å². The van der Waals surface area contributed by atoms with E-state index >= 15 is 0 Å². The van der Waals surface area contributed by atoms with Gasteiger partial charge in [-0.3, -0.25) is 0 Å². The summed E-state index contributed by atoms with van der Waals surface area (Å²) in [7, 11) is -7.88. The molecule has 0 aromatic heterocycles. The highest BCUT2D eigenvalue weighted by Crippen LogP contribution is 2.35. The zero-order valence-corrected chi connectivity index (χ0v) is 13.3. The second kappa shape index (κ2) is 4.86. The molecule has 0 atom stereocenters. The first kappa shape index (κ1) is 15.0. The summed E-state index contributed by atoms with van der Waals surface area (Å²) < 4.78 is 48.2. The van der Waals surface area contributed by atoms with E-state index in [9.17, 15) is 16.8 Å². The van der Waals surface area contributed by atoms with Crippen molar-refractivity contribution in [1.82, 2.24) is 4.31 Å². The summed E-state index contributed by atoms with van der Waals surface area (Å²) >= 11 is 8.84. The number of sulfonamides is 2. The van der Waals surface area contributed by atoms with E-state index in [0.29, 0.717) is 0 Å². The Labute approximate surface area is 123 Å². The lowest BCUT2D eigenvalue weighted by atomic mass is 10.3. The fourth-order valence-electron chi connectivity index (χ4n) is 1.61. The largest absolute Gasteiger partial charge is 0.370 e. The molecule has 0 saturated carbocycles.